The monoisotopic (exact) mass is 484 g/mol. The molecule has 8 heteroatoms. The number of aromatic nitrogens is 3. The maximum atomic E-state index is 13.3. The van der Waals surface area contributed by atoms with Crippen molar-refractivity contribution in [1.29, 1.82) is 0 Å². The summed E-state index contributed by atoms with van der Waals surface area (Å²) in [5.41, 5.74) is 2.26. The second-order valence-corrected chi connectivity index (χ2v) is 8.98. The van der Waals surface area contributed by atoms with Crippen LogP contribution in [0.15, 0.2) is 44.1 Å². The Morgan fingerprint density at radius 2 is 1.90 bits per heavy atom. The van der Waals surface area contributed by atoms with Crippen LogP contribution >= 0.6 is 15.9 Å². The molecular weight excluding hydrogens is 460 g/mol. The fraction of sp³-hybridized carbons (Fsp3) is 0.391. The summed E-state index contributed by atoms with van der Waals surface area (Å²) < 4.78 is 7.86. The Bertz CT molecular complexity index is 1140. The van der Waals surface area contributed by atoms with E-state index in [1.54, 1.807) is 0 Å². The number of hydrogen-bond acceptors (Lipinski definition) is 5. The van der Waals surface area contributed by atoms with Gasteiger partial charge in [-0.3, -0.25) is 9.59 Å². The number of rotatable bonds is 5. The van der Waals surface area contributed by atoms with E-state index in [1.807, 2.05) is 44.2 Å². The molecule has 4 rings (SSSR count). The molecule has 1 aliphatic rings. The molecule has 1 aliphatic carbocycles. The van der Waals surface area contributed by atoms with Crippen LogP contribution in [0.25, 0.3) is 22.8 Å². The zero-order valence-corrected chi connectivity index (χ0v) is 19.2. The first kappa shape index (κ1) is 21.5. The molecule has 0 unspecified atom stereocenters. The third kappa shape index (κ3) is 4.79. The zero-order chi connectivity index (χ0) is 22.0. The molecule has 0 spiro atoms. The van der Waals surface area contributed by atoms with Crippen LogP contribution in [-0.2, 0) is 11.3 Å². The van der Waals surface area contributed by atoms with E-state index in [4.69, 9.17) is 4.52 Å². The van der Waals surface area contributed by atoms with Crippen molar-refractivity contribution in [2.24, 2.45) is 0 Å². The average Bonchev–Trinajstić information content (AvgIpc) is 3.22. The fourth-order valence-corrected chi connectivity index (χ4v) is 4.35. The number of aryl methyl sites for hydroxylation is 2. The van der Waals surface area contributed by atoms with Crippen LogP contribution in [0.1, 0.15) is 43.4 Å². The van der Waals surface area contributed by atoms with E-state index < -0.39 is 0 Å². The summed E-state index contributed by atoms with van der Waals surface area (Å²) in [6, 6.07) is 9.59. The van der Waals surface area contributed by atoms with E-state index in [0.29, 0.717) is 11.4 Å². The van der Waals surface area contributed by atoms with Gasteiger partial charge in [-0.15, -0.1) is 0 Å². The predicted octanol–water partition coefficient (Wildman–Crippen LogP) is 4.39. The first-order valence-electron chi connectivity index (χ1n) is 10.5. The van der Waals surface area contributed by atoms with Crippen molar-refractivity contribution in [1.82, 2.24) is 20.0 Å². The van der Waals surface area contributed by atoms with Crippen LogP contribution < -0.4 is 10.9 Å². The average molecular weight is 485 g/mol. The highest BCUT2D eigenvalue weighted by atomic mass is 79.9. The van der Waals surface area contributed by atoms with Gasteiger partial charge in [0, 0.05) is 21.8 Å². The van der Waals surface area contributed by atoms with Crippen molar-refractivity contribution in [2.45, 2.75) is 58.5 Å². The van der Waals surface area contributed by atoms with Crippen LogP contribution in [0, 0.1) is 13.8 Å². The third-order valence-electron chi connectivity index (χ3n) is 5.72. The minimum absolute atomic E-state index is 0.0256. The van der Waals surface area contributed by atoms with E-state index in [9.17, 15) is 9.59 Å². The lowest BCUT2D eigenvalue weighted by Crippen LogP contribution is -2.40. The van der Waals surface area contributed by atoms with Gasteiger partial charge in [-0.25, -0.2) is 0 Å². The number of nitrogens with zero attached hydrogens (tertiary/aromatic N) is 3. The second-order valence-electron chi connectivity index (χ2n) is 8.07. The van der Waals surface area contributed by atoms with Gasteiger partial charge in [0.15, 0.2) is 0 Å². The number of benzene rings is 1. The first-order chi connectivity index (χ1) is 14.9. The largest absolute Gasteiger partial charge is 0.352 e. The topological polar surface area (TPSA) is 90.0 Å². The molecule has 7 nitrogen and oxygen atoms in total. The molecule has 2 aromatic heterocycles. The van der Waals surface area contributed by atoms with E-state index in [1.165, 1.54) is 11.0 Å². The van der Waals surface area contributed by atoms with Gasteiger partial charge in [0.05, 0.1) is 0 Å². The highest BCUT2D eigenvalue weighted by Gasteiger charge is 2.21. The van der Waals surface area contributed by atoms with Gasteiger partial charge in [0.25, 0.3) is 11.4 Å². The Morgan fingerprint density at radius 3 is 2.61 bits per heavy atom. The van der Waals surface area contributed by atoms with Crippen LogP contribution in [0.2, 0.25) is 0 Å². The van der Waals surface area contributed by atoms with Crippen LogP contribution in [-0.4, -0.2) is 26.7 Å². The van der Waals surface area contributed by atoms with Crippen LogP contribution in [0.5, 0.6) is 0 Å². The highest BCUT2D eigenvalue weighted by molar-refractivity contribution is 9.10. The molecule has 1 aromatic carbocycles. The lowest BCUT2D eigenvalue weighted by Gasteiger charge is -2.23. The molecular formula is C23H25BrN4O3. The smallest absolute Gasteiger partial charge is 0.264 e. The molecule has 0 saturated heterocycles. The molecule has 31 heavy (non-hydrogen) atoms. The molecule has 1 N–H and O–H groups in total. The maximum Gasteiger partial charge on any atom is 0.264 e. The van der Waals surface area contributed by atoms with Crippen molar-refractivity contribution in [3.8, 4) is 22.8 Å². The maximum absolute atomic E-state index is 13.3. The second kappa shape index (κ2) is 9.18. The Morgan fingerprint density at radius 1 is 1.19 bits per heavy atom. The molecule has 3 aromatic rings. The summed E-state index contributed by atoms with van der Waals surface area (Å²) >= 11 is 3.40. The lowest BCUT2D eigenvalue weighted by molar-refractivity contribution is -0.122. The van der Waals surface area contributed by atoms with Gasteiger partial charge in [0.2, 0.25) is 11.7 Å². The molecule has 1 saturated carbocycles. The number of carbonyl (C=O) groups is 1. The summed E-state index contributed by atoms with van der Waals surface area (Å²) in [5.74, 6) is 0.415. The van der Waals surface area contributed by atoms with Gasteiger partial charge < -0.3 is 14.4 Å². The van der Waals surface area contributed by atoms with E-state index >= 15 is 0 Å². The zero-order valence-electron chi connectivity index (χ0n) is 17.7. The summed E-state index contributed by atoms with van der Waals surface area (Å²) in [4.78, 5) is 30.3. The molecule has 2 heterocycles. The summed E-state index contributed by atoms with van der Waals surface area (Å²) in [7, 11) is 0. The van der Waals surface area contributed by atoms with Crippen molar-refractivity contribution in [3.05, 3.63) is 56.4 Å². The number of amides is 1. The third-order valence-corrected chi connectivity index (χ3v) is 6.25. The predicted molar refractivity (Wildman–Crippen MR) is 122 cm³/mol. The SMILES string of the molecule is Cc1cc(C)n(CC(=O)NC2CCCCC2)c(=O)c1-c1nc(-c2ccc(Br)cc2)no1. The van der Waals surface area contributed by atoms with Crippen LogP contribution in [0.3, 0.4) is 0 Å². The number of nitrogens with one attached hydrogen (secondary N) is 1. The minimum Gasteiger partial charge on any atom is -0.352 e. The van der Waals surface area contributed by atoms with Crippen molar-refractivity contribution < 1.29 is 9.32 Å². The van der Waals surface area contributed by atoms with Crippen molar-refractivity contribution in [2.75, 3.05) is 0 Å². The minimum atomic E-state index is -0.303. The standard InChI is InChI=1S/C23H25BrN4O3/c1-14-12-15(2)28(13-19(29)25-18-6-4-3-5-7-18)23(30)20(14)22-26-21(27-31-22)16-8-10-17(24)11-9-16/h8-12,18H,3-7,13H2,1-2H3,(H,25,29). The first-order valence-corrected chi connectivity index (χ1v) is 11.3. The van der Waals surface area contributed by atoms with Crippen LogP contribution in [0.4, 0.5) is 0 Å². The Balaban J connectivity index is 1.61. The number of halogens is 1. The number of pyridine rings is 1. The normalized spacial score (nSPS) is 14.5. The van der Waals surface area contributed by atoms with Crippen molar-refractivity contribution >= 4 is 21.8 Å². The molecule has 1 fully saturated rings. The van der Waals surface area contributed by atoms with Gasteiger partial charge >= 0.3 is 0 Å². The summed E-state index contributed by atoms with van der Waals surface area (Å²) in [6.07, 6.45) is 5.49. The van der Waals surface area contributed by atoms with E-state index in [0.717, 1.165) is 47.0 Å². The van der Waals surface area contributed by atoms with Crippen molar-refractivity contribution in [3.63, 3.8) is 0 Å². The van der Waals surface area contributed by atoms with E-state index in [2.05, 4.69) is 31.4 Å². The number of carbonyl (C=O) groups excluding carboxylic acids is 1. The molecule has 162 valence electrons. The summed E-state index contributed by atoms with van der Waals surface area (Å²) in [6.45, 7) is 3.63. The highest BCUT2D eigenvalue weighted by Crippen LogP contribution is 2.24. The molecule has 0 radical (unpaired) electrons. The van der Waals surface area contributed by atoms with Gasteiger partial charge in [0.1, 0.15) is 12.1 Å². The lowest BCUT2D eigenvalue weighted by atomic mass is 9.95. The molecule has 0 atom stereocenters. The van der Waals surface area contributed by atoms with Gasteiger partial charge in [-0.05, 0) is 62.6 Å². The molecule has 1 amide bonds. The quantitative estimate of drug-likeness (QED) is 0.579. The molecule has 0 aliphatic heterocycles. The van der Waals surface area contributed by atoms with Gasteiger partial charge in [-0.2, -0.15) is 4.98 Å². The number of hydrogen-bond donors (Lipinski definition) is 1. The molecule has 0 bridgehead atoms. The van der Waals surface area contributed by atoms with Gasteiger partial charge in [-0.1, -0.05) is 40.3 Å². The Kier molecular flexibility index (Phi) is 6.36. The van der Waals surface area contributed by atoms with E-state index in [-0.39, 0.29) is 29.9 Å². The summed E-state index contributed by atoms with van der Waals surface area (Å²) in [5, 5.41) is 7.11. The Hall–Kier alpha value is -2.74. The Labute approximate surface area is 189 Å². The fourth-order valence-electron chi connectivity index (χ4n) is 4.09.